The van der Waals surface area contributed by atoms with Crippen LogP contribution in [0.15, 0.2) is 12.3 Å². The molecule has 1 aromatic rings. The summed E-state index contributed by atoms with van der Waals surface area (Å²) in [6, 6.07) is 0.292. The van der Waals surface area contributed by atoms with Gasteiger partial charge >= 0.3 is 6.18 Å². The molecule has 0 aliphatic carbocycles. The van der Waals surface area contributed by atoms with Crippen LogP contribution in [0.2, 0.25) is 5.15 Å². The molecule has 0 amide bonds. The lowest BCUT2D eigenvalue weighted by atomic mass is 10.2. The Balaban J connectivity index is 3.20. The van der Waals surface area contributed by atoms with Crippen LogP contribution in [-0.4, -0.2) is 4.98 Å². The topological polar surface area (TPSA) is 12.9 Å². The molecule has 0 saturated heterocycles. The van der Waals surface area contributed by atoms with Crippen molar-refractivity contribution in [1.29, 1.82) is 0 Å². The van der Waals surface area contributed by atoms with E-state index in [1.165, 1.54) is 0 Å². The Kier molecular flexibility index (Phi) is 2.94. The lowest BCUT2D eigenvalue weighted by molar-refractivity contribution is -0.137. The molecule has 0 radical (unpaired) electrons. The minimum atomic E-state index is -4.69. The van der Waals surface area contributed by atoms with Crippen LogP contribution in [0.5, 0.6) is 0 Å². The minimum absolute atomic E-state index is 0.292. The molecule has 1 heterocycles. The molecule has 0 saturated carbocycles. The molecule has 0 aliphatic heterocycles. The maximum absolute atomic E-state index is 12.1. The highest BCUT2D eigenvalue weighted by molar-refractivity contribution is 6.30. The van der Waals surface area contributed by atoms with Crippen LogP contribution in [-0.2, 0) is 6.18 Å². The van der Waals surface area contributed by atoms with E-state index >= 15 is 0 Å². The molecular formula is C7H3ClF5N. The highest BCUT2D eigenvalue weighted by atomic mass is 35.5. The van der Waals surface area contributed by atoms with Gasteiger partial charge in [0, 0.05) is 6.20 Å². The van der Waals surface area contributed by atoms with E-state index in [9.17, 15) is 22.0 Å². The monoisotopic (exact) mass is 231 g/mol. The second-order valence-corrected chi connectivity index (χ2v) is 2.76. The van der Waals surface area contributed by atoms with E-state index in [1.54, 1.807) is 0 Å². The van der Waals surface area contributed by atoms with E-state index in [-0.39, 0.29) is 0 Å². The van der Waals surface area contributed by atoms with E-state index in [0.717, 1.165) is 0 Å². The highest BCUT2D eigenvalue weighted by Gasteiger charge is 2.32. The highest BCUT2D eigenvalue weighted by Crippen LogP contribution is 2.33. The number of hydrogen-bond acceptors (Lipinski definition) is 1. The van der Waals surface area contributed by atoms with Gasteiger partial charge in [-0.2, -0.15) is 13.2 Å². The van der Waals surface area contributed by atoms with Gasteiger partial charge in [-0.05, 0) is 6.07 Å². The molecular weight excluding hydrogens is 229 g/mol. The quantitative estimate of drug-likeness (QED) is 0.531. The lowest BCUT2D eigenvalue weighted by Crippen LogP contribution is -2.06. The summed E-state index contributed by atoms with van der Waals surface area (Å²) < 4.78 is 60.3. The summed E-state index contributed by atoms with van der Waals surface area (Å²) in [4.78, 5) is 3.03. The van der Waals surface area contributed by atoms with Gasteiger partial charge in [-0.25, -0.2) is 13.8 Å². The van der Waals surface area contributed by atoms with Crippen LogP contribution in [0.25, 0.3) is 0 Å². The fraction of sp³-hybridized carbons (Fsp3) is 0.286. The van der Waals surface area contributed by atoms with Crippen molar-refractivity contribution in [1.82, 2.24) is 4.98 Å². The number of nitrogens with zero attached hydrogens (tertiary/aromatic N) is 1. The average molecular weight is 232 g/mol. The largest absolute Gasteiger partial charge is 0.417 e. The maximum atomic E-state index is 12.1. The van der Waals surface area contributed by atoms with Crippen LogP contribution >= 0.6 is 11.6 Å². The fourth-order valence-corrected chi connectivity index (χ4v) is 0.959. The number of alkyl halides is 5. The van der Waals surface area contributed by atoms with Crippen molar-refractivity contribution in [2.75, 3.05) is 0 Å². The van der Waals surface area contributed by atoms with Crippen molar-refractivity contribution in [2.24, 2.45) is 0 Å². The van der Waals surface area contributed by atoms with E-state index < -0.39 is 28.9 Å². The number of pyridine rings is 1. The van der Waals surface area contributed by atoms with Crippen molar-refractivity contribution >= 4 is 11.6 Å². The van der Waals surface area contributed by atoms with E-state index in [2.05, 4.69) is 4.98 Å². The number of halogens is 6. The summed E-state index contributed by atoms with van der Waals surface area (Å²) in [5, 5.41) is -0.618. The molecule has 1 nitrogen and oxygen atoms in total. The standard InChI is InChI=1S/C7H3ClF5N/c8-5-4(6(9)10)1-3(2-14-5)7(11,12)13/h1-2,6H. The molecule has 0 aliphatic rings. The first-order valence-electron chi connectivity index (χ1n) is 3.33. The summed E-state index contributed by atoms with van der Waals surface area (Å²) >= 11 is 5.18. The Morgan fingerprint density at radius 1 is 1.29 bits per heavy atom. The molecule has 7 heteroatoms. The lowest BCUT2D eigenvalue weighted by Gasteiger charge is -2.08. The van der Waals surface area contributed by atoms with Crippen molar-refractivity contribution in [3.8, 4) is 0 Å². The molecule has 0 N–H and O–H groups in total. The molecule has 0 aromatic carbocycles. The molecule has 14 heavy (non-hydrogen) atoms. The first kappa shape index (κ1) is 11.2. The zero-order valence-electron chi connectivity index (χ0n) is 6.45. The van der Waals surface area contributed by atoms with Gasteiger partial charge in [-0.1, -0.05) is 11.6 Å². The van der Waals surface area contributed by atoms with Gasteiger partial charge in [-0.3, -0.25) is 0 Å². The third kappa shape index (κ3) is 2.31. The Bertz CT molecular complexity index is 335. The van der Waals surface area contributed by atoms with Crippen LogP contribution in [0.1, 0.15) is 17.6 Å². The van der Waals surface area contributed by atoms with Gasteiger partial charge < -0.3 is 0 Å². The Labute approximate surface area is 80.5 Å². The fourth-order valence-electron chi connectivity index (χ4n) is 0.773. The predicted molar refractivity (Wildman–Crippen MR) is 39.2 cm³/mol. The van der Waals surface area contributed by atoms with Crippen LogP contribution in [0.4, 0.5) is 22.0 Å². The van der Waals surface area contributed by atoms with Gasteiger partial charge in [-0.15, -0.1) is 0 Å². The zero-order chi connectivity index (χ0) is 10.9. The molecule has 0 bridgehead atoms. The number of aromatic nitrogens is 1. The van der Waals surface area contributed by atoms with Crippen LogP contribution in [0.3, 0.4) is 0 Å². The normalized spacial score (nSPS) is 12.2. The molecule has 0 fully saturated rings. The van der Waals surface area contributed by atoms with Crippen molar-refractivity contribution in [3.63, 3.8) is 0 Å². The SMILES string of the molecule is FC(F)c1cc(C(F)(F)F)cnc1Cl. The summed E-state index contributed by atoms with van der Waals surface area (Å²) in [5.41, 5.74) is -2.15. The number of hydrogen-bond donors (Lipinski definition) is 0. The van der Waals surface area contributed by atoms with Crippen LogP contribution < -0.4 is 0 Å². The number of rotatable bonds is 1. The van der Waals surface area contributed by atoms with Gasteiger partial charge in [0.15, 0.2) is 0 Å². The summed E-state index contributed by atoms with van der Waals surface area (Å²) in [6.45, 7) is 0. The third-order valence-corrected chi connectivity index (χ3v) is 1.74. The summed E-state index contributed by atoms with van der Waals surface area (Å²) in [7, 11) is 0. The average Bonchev–Trinajstić information content (AvgIpc) is 2.02. The molecule has 0 spiro atoms. The Morgan fingerprint density at radius 3 is 2.29 bits per heavy atom. The maximum Gasteiger partial charge on any atom is 0.417 e. The second kappa shape index (κ2) is 3.68. The van der Waals surface area contributed by atoms with Gasteiger partial charge in [0.05, 0.1) is 11.1 Å². The predicted octanol–water partition coefficient (Wildman–Crippen LogP) is 3.69. The molecule has 1 aromatic heterocycles. The van der Waals surface area contributed by atoms with Crippen molar-refractivity contribution in [3.05, 3.63) is 28.5 Å². The zero-order valence-corrected chi connectivity index (χ0v) is 7.20. The smallest absolute Gasteiger partial charge is 0.243 e. The van der Waals surface area contributed by atoms with E-state index in [1.807, 2.05) is 0 Å². The van der Waals surface area contributed by atoms with Gasteiger partial charge in [0.2, 0.25) is 0 Å². The third-order valence-electron chi connectivity index (χ3n) is 1.43. The van der Waals surface area contributed by atoms with Gasteiger partial charge in [0.25, 0.3) is 6.43 Å². The van der Waals surface area contributed by atoms with Gasteiger partial charge in [0.1, 0.15) is 5.15 Å². The second-order valence-electron chi connectivity index (χ2n) is 2.40. The first-order chi connectivity index (χ1) is 6.32. The molecule has 0 unspecified atom stereocenters. The molecule has 0 atom stereocenters. The molecule has 1 rings (SSSR count). The van der Waals surface area contributed by atoms with Crippen molar-refractivity contribution in [2.45, 2.75) is 12.6 Å². The summed E-state index contributed by atoms with van der Waals surface area (Å²) in [6.07, 6.45) is -7.35. The molecule has 78 valence electrons. The van der Waals surface area contributed by atoms with Crippen molar-refractivity contribution < 1.29 is 22.0 Å². The summed E-state index contributed by atoms with van der Waals surface area (Å²) in [5.74, 6) is 0. The Morgan fingerprint density at radius 2 is 1.86 bits per heavy atom. The van der Waals surface area contributed by atoms with E-state index in [4.69, 9.17) is 11.6 Å². The first-order valence-corrected chi connectivity index (χ1v) is 3.71. The van der Waals surface area contributed by atoms with Crippen LogP contribution in [0, 0.1) is 0 Å². The van der Waals surface area contributed by atoms with E-state index in [0.29, 0.717) is 12.3 Å². The minimum Gasteiger partial charge on any atom is -0.243 e. The Hall–Kier alpha value is -0.910.